The first-order chi connectivity index (χ1) is 15.7. The lowest BCUT2D eigenvalue weighted by atomic mass is 10.2. The number of rotatable bonds is 8. The lowest BCUT2D eigenvalue weighted by Crippen LogP contribution is -2.17. The van der Waals surface area contributed by atoms with E-state index in [1.807, 2.05) is 6.07 Å². The molecule has 0 aliphatic carbocycles. The Hall–Kier alpha value is -3.52. The quantitative estimate of drug-likeness (QED) is 0.141. The SMILES string of the molecule is COc1ccc(/C=N\NC(=O)c2cccc(I)c2)cc1OS(=O)(=O)c1ccccc1[N+](=O)[O-]. The summed E-state index contributed by atoms with van der Waals surface area (Å²) < 4.78 is 36.6. The molecule has 1 amide bonds. The lowest BCUT2D eigenvalue weighted by Gasteiger charge is -2.11. The number of ether oxygens (including phenoxy) is 1. The first-order valence-electron chi connectivity index (χ1n) is 9.16. The summed E-state index contributed by atoms with van der Waals surface area (Å²) in [4.78, 5) is 22.0. The number of para-hydroxylation sites is 1. The van der Waals surface area contributed by atoms with Gasteiger partial charge in [-0.2, -0.15) is 13.5 Å². The highest BCUT2D eigenvalue weighted by atomic mass is 127. The molecule has 3 rings (SSSR count). The van der Waals surface area contributed by atoms with Crippen molar-refractivity contribution in [3.05, 3.63) is 91.5 Å². The van der Waals surface area contributed by atoms with Gasteiger partial charge in [-0.05, 0) is 70.6 Å². The maximum atomic E-state index is 12.7. The fourth-order valence-electron chi connectivity index (χ4n) is 2.68. The normalized spacial score (nSPS) is 11.2. The molecular formula is C21H16IN3O7S. The van der Waals surface area contributed by atoms with Crippen molar-refractivity contribution in [1.82, 2.24) is 5.43 Å². The predicted octanol–water partition coefficient (Wildman–Crippen LogP) is 3.74. The predicted molar refractivity (Wildman–Crippen MR) is 128 cm³/mol. The monoisotopic (exact) mass is 581 g/mol. The molecule has 170 valence electrons. The van der Waals surface area contributed by atoms with E-state index in [0.717, 1.165) is 15.7 Å². The van der Waals surface area contributed by atoms with E-state index in [-0.39, 0.29) is 11.5 Å². The minimum atomic E-state index is -4.55. The summed E-state index contributed by atoms with van der Waals surface area (Å²) >= 11 is 2.09. The van der Waals surface area contributed by atoms with Crippen LogP contribution < -0.4 is 14.3 Å². The summed E-state index contributed by atoms with van der Waals surface area (Å²) in [6, 6.07) is 16.1. The van der Waals surface area contributed by atoms with Crippen molar-refractivity contribution >= 4 is 50.5 Å². The summed E-state index contributed by atoms with van der Waals surface area (Å²) in [5.74, 6) is -0.547. The Morgan fingerprint density at radius 3 is 2.55 bits per heavy atom. The summed E-state index contributed by atoms with van der Waals surface area (Å²) in [5, 5.41) is 15.1. The fourth-order valence-corrected chi connectivity index (χ4v) is 4.32. The number of hydrazone groups is 1. The van der Waals surface area contributed by atoms with Gasteiger partial charge in [0.15, 0.2) is 16.4 Å². The molecule has 12 heteroatoms. The number of benzene rings is 3. The number of amides is 1. The third kappa shape index (κ3) is 6.04. The Bertz CT molecular complexity index is 1340. The van der Waals surface area contributed by atoms with Crippen molar-refractivity contribution in [2.45, 2.75) is 4.90 Å². The second kappa shape index (κ2) is 10.4. The lowest BCUT2D eigenvalue weighted by molar-refractivity contribution is -0.387. The molecular weight excluding hydrogens is 565 g/mol. The number of nitro benzene ring substituents is 1. The van der Waals surface area contributed by atoms with Crippen LogP contribution >= 0.6 is 22.6 Å². The van der Waals surface area contributed by atoms with E-state index in [2.05, 4.69) is 33.1 Å². The Morgan fingerprint density at radius 2 is 1.85 bits per heavy atom. The van der Waals surface area contributed by atoms with E-state index < -0.39 is 31.5 Å². The number of carbonyl (C=O) groups is 1. The van der Waals surface area contributed by atoms with E-state index in [4.69, 9.17) is 8.92 Å². The van der Waals surface area contributed by atoms with Gasteiger partial charge in [0.25, 0.3) is 11.6 Å². The molecule has 33 heavy (non-hydrogen) atoms. The van der Waals surface area contributed by atoms with Crippen molar-refractivity contribution in [2.24, 2.45) is 5.10 Å². The van der Waals surface area contributed by atoms with Gasteiger partial charge < -0.3 is 8.92 Å². The molecule has 10 nitrogen and oxygen atoms in total. The number of methoxy groups -OCH3 is 1. The molecule has 0 aliphatic rings. The van der Waals surface area contributed by atoms with Crippen LogP contribution in [0.1, 0.15) is 15.9 Å². The number of carbonyl (C=O) groups excluding carboxylic acids is 1. The molecule has 0 heterocycles. The van der Waals surface area contributed by atoms with Gasteiger partial charge in [-0.1, -0.05) is 18.2 Å². The van der Waals surface area contributed by atoms with E-state index in [0.29, 0.717) is 11.1 Å². The molecule has 0 fully saturated rings. The maximum Gasteiger partial charge on any atom is 0.346 e. The topological polar surface area (TPSA) is 137 Å². The largest absolute Gasteiger partial charge is 0.493 e. The van der Waals surface area contributed by atoms with Gasteiger partial charge in [0.2, 0.25) is 0 Å². The van der Waals surface area contributed by atoms with Crippen LogP contribution in [0.2, 0.25) is 0 Å². The van der Waals surface area contributed by atoms with E-state index in [1.54, 1.807) is 24.3 Å². The second-order valence-corrected chi connectivity index (χ2v) is 9.14. The first-order valence-corrected chi connectivity index (χ1v) is 11.6. The zero-order chi connectivity index (χ0) is 24.0. The molecule has 3 aromatic carbocycles. The molecule has 0 spiro atoms. The zero-order valence-electron chi connectivity index (χ0n) is 17.0. The number of nitrogens with one attached hydrogen (secondary N) is 1. The fraction of sp³-hybridized carbons (Fsp3) is 0.0476. The highest BCUT2D eigenvalue weighted by molar-refractivity contribution is 14.1. The van der Waals surface area contributed by atoms with Crippen LogP contribution in [0.3, 0.4) is 0 Å². The van der Waals surface area contributed by atoms with Crippen molar-refractivity contribution < 1.29 is 27.1 Å². The number of hydrogen-bond donors (Lipinski definition) is 1. The Kier molecular flexibility index (Phi) is 7.60. The average Bonchev–Trinajstić information content (AvgIpc) is 2.79. The Balaban J connectivity index is 1.83. The summed E-state index contributed by atoms with van der Waals surface area (Å²) in [7, 11) is -3.23. The van der Waals surface area contributed by atoms with Crippen molar-refractivity contribution in [1.29, 1.82) is 0 Å². The Morgan fingerprint density at radius 1 is 1.09 bits per heavy atom. The number of nitro groups is 1. The minimum absolute atomic E-state index is 0.0807. The van der Waals surface area contributed by atoms with Crippen molar-refractivity contribution in [3.63, 3.8) is 0 Å². The molecule has 0 aliphatic heterocycles. The smallest absolute Gasteiger partial charge is 0.346 e. The third-order valence-corrected chi connectivity index (χ3v) is 6.14. The van der Waals surface area contributed by atoms with Gasteiger partial charge >= 0.3 is 10.1 Å². The van der Waals surface area contributed by atoms with Crippen LogP contribution in [0.5, 0.6) is 11.5 Å². The minimum Gasteiger partial charge on any atom is -0.493 e. The first kappa shape index (κ1) is 24.1. The number of nitrogens with zero attached hydrogens (tertiary/aromatic N) is 2. The van der Waals surface area contributed by atoms with Crippen LogP contribution in [-0.4, -0.2) is 32.6 Å². The molecule has 0 aromatic heterocycles. The van der Waals surface area contributed by atoms with Crippen LogP contribution in [-0.2, 0) is 10.1 Å². The van der Waals surface area contributed by atoms with Crippen LogP contribution in [0.4, 0.5) is 5.69 Å². The number of hydrogen-bond acceptors (Lipinski definition) is 8. The van der Waals surface area contributed by atoms with Crippen LogP contribution in [0.25, 0.3) is 0 Å². The van der Waals surface area contributed by atoms with E-state index in [9.17, 15) is 23.3 Å². The van der Waals surface area contributed by atoms with Crippen molar-refractivity contribution in [2.75, 3.05) is 7.11 Å². The maximum absolute atomic E-state index is 12.7. The summed E-state index contributed by atoms with van der Waals surface area (Å²) in [5.41, 5.74) is 2.57. The number of halogens is 1. The molecule has 0 unspecified atom stereocenters. The summed E-state index contributed by atoms with van der Waals surface area (Å²) in [6.07, 6.45) is 1.29. The van der Waals surface area contributed by atoms with E-state index in [1.165, 1.54) is 37.6 Å². The molecule has 3 aromatic rings. The molecule has 0 bridgehead atoms. The second-order valence-electron chi connectivity index (χ2n) is 6.38. The van der Waals surface area contributed by atoms with Gasteiger partial charge in [0, 0.05) is 15.2 Å². The van der Waals surface area contributed by atoms with Gasteiger partial charge in [-0.3, -0.25) is 14.9 Å². The van der Waals surface area contributed by atoms with Gasteiger partial charge in [-0.15, -0.1) is 0 Å². The third-order valence-electron chi connectivity index (χ3n) is 4.18. The molecule has 0 atom stereocenters. The summed E-state index contributed by atoms with van der Waals surface area (Å²) in [6.45, 7) is 0. The Labute approximate surface area is 202 Å². The molecule has 1 N–H and O–H groups in total. The standard InChI is InChI=1S/C21H16IN3O7S/c1-31-18-10-9-14(13-23-24-21(26)15-5-4-6-16(22)12-15)11-19(18)32-33(29,30)20-8-3-2-7-17(20)25(27)28/h2-13H,1H3,(H,24,26)/b23-13-. The van der Waals surface area contributed by atoms with Gasteiger partial charge in [0.05, 0.1) is 18.2 Å². The zero-order valence-corrected chi connectivity index (χ0v) is 19.9. The highest BCUT2D eigenvalue weighted by Gasteiger charge is 2.28. The van der Waals surface area contributed by atoms with Crippen molar-refractivity contribution in [3.8, 4) is 11.5 Å². The van der Waals surface area contributed by atoms with Gasteiger partial charge in [-0.25, -0.2) is 5.43 Å². The molecule has 0 radical (unpaired) electrons. The van der Waals surface area contributed by atoms with Crippen LogP contribution in [0.15, 0.2) is 76.7 Å². The molecule has 0 saturated heterocycles. The van der Waals surface area contributed by atoms with E-state index >= 15 is 0 Å². The van der Waals surface area contributed by atoms with Gasteiger partial charge in [0.1, 0.15) is 0 Å². The highest BCUT2D eigenvalue weighted by Crippen LogP contribution is 2.32. The molecule has 0 saturated carbocycles. The average molecular weight is 581 g/mol. The van der Waals surface area contributed by atoms with Crippen LogP contribution in [0, 0.1) is 13.7 Å².